The van der Waals surface area contributed by atoms with E-state index in [0.717, 1.165) is 18.8 Å². The molecule has 0 N–H and O–H groups in total. The summed E-state index contributed by atoms with van der Waals surface area (Å²) in [6.07, 6.45) is 4.96. The maximum absolute atomic E-state index is 11.0. The lowest BCUT2D eigenvalue weighted by atomic mass is 10.1. The van der Waals surface area contributed by atoms with Crippen molar-refractivity contribution in [1.82, 2.24) is 4.98 Å². The Morgan fingerprint density at radius 3 is 2.69 bits per heavy atom. The molecule has 3 heteroatoms. The topological polar surface area (TPSA) is 33.2 Å². The number of carbonyl (C=O) groups excluding carboxylic acids is 1. The van der Waals surface area contributed by atoms with E-state index in [1.807, 2.05) is 18.3 Å². The van der Waals surface area contributed by atoms with E-state index in [2.05, 4.69) is 9.88 Å². The summed E-state index contributed by atoms with van der Waals surface area (Å²) in [5, 5.41) is 0. The van der Waals surface area contributed by atoms with E-state index >= 15 is 0 Å². The van der Waals surface area contributed by atoms with Crippen molar-refractivity contribution in [2.24, 2.45) is 0 Å². The molecule has 13 heavy (non-hydrogen) atoms. The lowest BCUT2D eigenvalue weighted by Gasteiger charge is -2.27. The van der Waals surface area contributed by atoms with Gasteiger partial charge in [-0.05, 0) is 12.1 Å². The smallest absolute Gasteiger partial charge is 0.136 e. The van der Waals surface area contributed by atoms with Gasteiger partial charge in [-0.2, -0.15) is 0 Å². The second-order valence-corrected chi connectivity index (χ2v) is 3.24. The van der Waals surface area contributed by atoms with Crippen LogP contribution in [0.1, 0.15) is 12.8 Å². The molecular formula is C10H12N2O. The van der Waals surface area contributed by atoms with Crippen molar-refractivity contribution in [2.75, 3.05) is 18.0 Å². The SMILES string of the molecule is O=C1CCN(c2cccnc2)CC1. The first-order valence-electron chi connectivity index (χ1n) is 4.53. The van der Waals surface area contributed by atoms with Crippen molar-refractivity contribution in [3.8, 4) is 0 Å². The van der Waals surface area contributed by atoms with Crippen LogP contribution in [0.5, 0.6) is 0 Å². The fraction of sp³-hybridized carbons (Fsp3) is 0.400. The molecule has 0 amide bonds. The molecule has 0 radical (unpaired) electrons. The van der Waals surface area contributed by atoms with Gasteiger partial charge in [-0.15, -0.1) is 0 Å². The molecule has 1 aliphatic heterocycles. The zero-order chi connectivity index (χ0) is 9.10. The van der Waals surface area contributed by atoms with Gasteiger partial charge in [-0.3, -0.25) is 9.78 Å². The van der Waals surface area contributed by atoms with E-state index in [9.17, 15) is 4.79 Å². The summed E-state index contributed by atoms with van der Waals surface area (Å²) in [6.45, 7) is 1.68. The monoisotopic (exact) mass is 176 g/mol. The van der Waals surface area contributed by atoms with Crippen LogP contribution in [0.4, 0.5) is 5.69 Å². The quantitative estimate of drug-likeness (QED) is 0.645. The number of anilines is 1. The van der Waals surface area contributed by atoms with Gasteiger partial charge < -0.3 is 4.90 Å². The molecule has 1 aromatic rings. The number of ketones is 1. The minimum atomic E-state index is 0.375. The minimum Gasteiger partial charge on any atom is -0.369 e. The van der Waals surface area contributed by atoms with Crippen LogP contribution in [0.3, 0.4) is 0 Å². The predicted molar refractivity (Wildman–Crippen MR) is 50.7 cm³/mol. The van der Waals surface area contributed by atoms with Crippen LogP contribution in [-0.2, 0) is 4.79 Å². The molecule has 1 aliphatic rings. The number of carbonyl (C=O) groups is 1. The van der Waals surface area contributed by atoms with Gasteiger partial charge in [0.25, 0.3) is 0 Å². The number of pyridine rings is 1. The summed E-state index contributed by atoms with van der Waals surface area (Å²) in [5.41, 5.74) is 1.12. The van der Waals surface area contributed by atoms with Crippen LogP contribution in [0.2, 0.25) is 0 Å². The van der Waals surface area contributed by atoms with Gasteiger partial charge in [0.1, 0.15) is 5.78 Å². The standard InChI is InChI=1S/C10H12N2O/c13-10-3-6-12(7-4-10)9-2-1-5-11-8-9/h1-2,5,8H,3-4,6-7H2. The second kappa shape index (κ2) is 3.56. The summed E-state index contributed by atoms with van der Waals surface area (Å²) >= 11 is 0. The highest BCUT2D eigenvalue weighted by Crippen LogP contribution is 2.16. The summed E-state index contributed by atoms with van der Waals surface area (Å²) < 4.78 is 0. The maximum Gasteiger partial charge on any atom is 0.136 e. The first-order valence-corrected chi connectivity index (χ1v) is 4.53. The Kier molecular flexibility index (Phi) is 2.25. The minimum absolute atomic E-state index is 0.375. The summed E-state index contributed by atoms with van der Waals surface area (Å²) in [4.78, 5) is 17.3. The molecule has 1 aromatic heterocycles. The number of nitrogens with zero attached hydrogens (tertiary/aromatic N) is 2. The van der Waals surface area contributed by atoms with Crippen molar-refractivity contribution in [1.29, 1.82) is 0 Å². The summed E-state index contributed by atoms with van der Waals surface area (Å²) in [5.74, 6) is 0.375. The Hall–Kier alpha value is -1.38. The second-order valence-electron chi connectivity index (χ2n) is 3.24. The maximum atomic E-state index is 11.0. The molecule has 0 aliphatic carbocycles. The van der Waals surface area contributed by atoms with Crippen molar-refractivity contribution >= 4 is 11.5 Å². The van der Waals surface area contributed by atoms with Crippen molar-refractivity contribution in [2.45, 2.75) is 12.8 Å². The highest BCUT2D eigenvalue weighted by molar-refractivity contribution is 5.80. The van der Waals surface area contributed by atoms with Crippen LogP contribution in [0.25, 0.3) is 0 Å². The Morgan fingerprint density at radius 1 is 1.31 bits per heavy atom. The van der Waals surface area contributed by atoms with Crippen molar-refractivity contribution < 1.29 is 4.79 Å². The molecular weight excluding hydrogens is 164 g/mol. The van der Waals surface area contributed by atoms with Crippen LogP contribution in [0.15, 0.2) is 24.5 Å². The Balaban J connectivity index is 2.07. The molecule has 0 atom stereocenters. The summed E-state index contributed by atoms with van der Waals surface area (Å²) in [6, 6.07) is 3.95. The molecule has 1 saturated heterocycles. The van der Waals surface area contributed by atoms with Gasteiger partial charge in [0.15, 0.2) is 0 Å². The largest absolute Gasteiger partial charge is 0.369 e. The van der Waals surface area contributed by atoms with Crippen molar-refractivity contribution in [3.05, 3.63) is 24.5 Å². The van der Waals surface area contributed by atoms with E-state index < -0.39 is 0 Å². The third-order valence-corrected chi connectivity index (χ3v) is 2.33. The van der Waals surface area contributed by atoms with Gasteiger partial charge in [0.2, 0.25) is 0 Å². The molecule has 2 heterocycles. The van der Waals surface area contributed by atoms with Gasteiger partial charge in [0.05, 0.1) is 11.9 Å². The average molecular weight is 176 g/mol. The van der Waals surface area contributed by atoms with E-state index in [-0.39, 0.29) is 0 Å². The van der Waals surface area contributed by atoms with Gasteiger partial charge in [-0.1, -0.05) is 0 Å². The Morgan fingerprint density at radius 2 is 2.08 bits per heavy atom. The number of aromatic nitrogens is 1. The first-order chi connectivity index (χ1) is 6.36. The van der Waals surface area contributed by atoms with Crippen LogP contribution in [-0.4, -0.2) is 23.9 Å². The average Bonchev–Trinajstić information content (AvgIpc) is 2.20. The molecule has 3 nitrogen and oxygen atoms in total. The van der Waals surface area contributed by atoms with Crippen LogP contribution in [0, 0.1) is 0 Å². The zero-order valence-electron chi connectivity index (χ0n) is 7.44. The van der Waals surface area contributed by atoms with Crippen LogP contribution >= 0.6 is 0 Å². The molecule has 0 saturated carbocycles. The van der Waals surface area contributed by atoms with E-state index in [0.29, 0.717) is 18.6 Å². The van der Waals surface area contributed by atoms with Gasteiger partial charge >= 0.3 is 0 Å². The van der Waals surface area contributed by atoms with E-state index in [1.54, 1.807) is 6.20 Å². The molecule has 0 aromatic carbocycles. The lowest BCUT2D eigenvalue weighted by Crippen LogP contribution is -2.33. The molecule has 0 spiro atoms. The highest BCUT2D eigenvalue weighted by atomic mass is 16.1. The molecule has 0 bridgehead atoms. The molecule has 68 valence electrons. The van der Waals surface area contributed by atoms with Gasteiger partial charge in [-0.25, -0.2) is 0 Å². The predicted octanol–water partition coefficient (Wildman–Crippen LogP) is 1.25. The van der Waals surface area contributed by atoms with Crippen molar-refractivity contribution in [3.63, 3.8) is 0 Å². The lowest BCUT2D eigenvalue weighted by molar-refractivity contribution is -0.119. The normalized spacial score (nSPS) is 17.5. The third-order valence-electron chi connectivity index (χ3n) is 2.33. The number of hydrogen-bond acceptors (Lipinski definition) is 3. The number of hydrogen-bond donors (Lipinski definition) is 0. The van der Waals surface area contributed by atoms with Gasteiger partial charge in [0, 0.05) is 32.1 Å². The molecule has 2 rings (SSSR count). The number of piperidine rings is 1. The van der Waals surface area contributed by atoms with E-state index in [1.165, 1.54) is 0 Å². The first kappa shape index (κ1) is 8.23. The zero-order valence-corrected chi connectivity index (χ0v) is 7.44. The number of Topliss-reactive ketones (excluding diaryl/α,β-unsaturated/α-hetero) is 1. The Labute approximate surface area is 77.4 Å². The Bertz CT molecular complexity index is 287. The van der Waals surface area contributed by atoms with E-state index in [4.69, 9.17) is 0 Å². The fourth-order valence-corrected chi connectivity index (χ4v) is 1.56. The molecule has 1 fully saturated rings. The van der Waals surface area contributed by atoms with Crippen LogP contribution < -0.4 is 4.90 Å². The fourth-order valence-electron chi connectivity index (χ4n) is 1.56. The highest BCUT2D eigenvalue weighted by Gasteiger charge is 2.15. The third kappa shape index (κ3) is 1.86. The summed E-state index contributed by atoms with van der Waals surface area (Å²) in [7, 11) is 0. The number of rotatable bonds is 1. The molecule has 0 unspecified atom stereocenters.